The lowest BCUT2D eigenvalue weighted by Gasteiger charge is -2.39. The van der Waals surface area contributed by atoms with Gasteiger partial charge >= 0.3 is 0 Å². The number of hydrogen-bond acceptors (Lipinski definition) is 5. The molecule has 8 heteroatoms. The molecule has 0 aromatic heterocycles. The van der Waals surface area contributed by atoms with Crippen LogP contribution >= 0.6 is 0 Å². The number of amides is 2. The molecule has 230 valence electrons. The van der Waals surface area contributed by atoms with E-state index < -0.39 is 4.92 Å². The van der Waals surface area contributed by atoms with E-state index in [2.05, 4.69) is 35.7 Å². The smallest absolute Gasteiger partial charge is 0.273 e. The van der Waals surface area contributed by atoms with Crippen LogP contribution in [-0.4, -0.2) is 76.7 Å². The Morgan fingerprint density at radius 3 is 2.23 bits per heavy atom. The summed E-state index contributed by atoms with van der Waals surface area (Å²) in [6.07, 6.45) is 5.31. The molecule has 3 atom stereocenters. The number of nitro groups is 1. The van der Waals surface area contributed by atoms with Crippen molar-refractivity contribution < 1.29 is 14.5 Å². The van der Waals surface area contributed by atoms with Crippen molar-refractivity contribution >= 4 is 17.5 Å². The molecule has 1 aliphatic heterocycles. The van der Waals surface area contributed by atoms with Gasteiger partial charge in [-0.05, 0) is 55.2 Å². The van der Waals surface area contributed by atoms with Crippen molar-refractivity contribution in [2.75, 3.05) is 33.2 Å². The number of benzene rings is 3. The highest BCUT2D eigenvalue weighted by Gasteiger charge is 2.40. The zero-order chi connectivity index (χ0) is 31.1. The zero-order valence-corrected chi connectivity index (χ0v) is 25.5. The van der Waals surface area contributed by atoms with Crippen LogP contribution in [0.5, 0.6) is 0 Å². The van der Waals surface area contributed by atoms with Crippen molar-refractivity contribution in [3.63, 3.8) is 0 Å². The molecule has 3 unspecified atom stereocenters. The lowest BCUT2D eigenvalue weighted by Crippen LogP contribution is -2.48. The number of nitrogens with zero attached hydrogens (tertiary/aromatic N) is 4. The van der Waals surface area contributed by atoms with E-state index in [1.54, 1.807) is 24.3 Å². The molecule has 2 amide bonds. The summed E-state index contributed by atoms with van der Waals surface area (Å²) in [6, 6.07) is 26.9. The Labute approximate surface area is 260 Å². The Bertz CT molecular complexity index is 1440. The number of carbonyl (C=O) groups excluding carboxylic acids is 2. The van der Waals surface area contributed by atoms with E-state index in [0.29, 0.717) is 23.9 Å². The molecule has 0 radical (unpaired) electrons. The molecular weight excluding hydrogens is 552 g/mol. The SMILES string of the molecule is C=CCN(C(=O)Cc1ccccc1[N+](=O)[O-])C1CCN(CC2CC(N(C)C(=O)c3ccccc3)CC2c2ccccc2)CC1. The van der Waals surface area contributed by atoms with Crippen molar-refractivity contribution in [3.05, 3.63) is 124 Å². The summed E-state index contributed by atoms with van der Waals surface area (Å²) in [5, 5.41) is 11.5. The first-order valence-electron chi connectivity index (χ1n) is 15.6. The summed E-state index contributed by atoms with van der Waals surface area (Å²) < 4.78 is 0. The summed E-state index contributed by atoms with van der Waals surface area (Å²) in [6.45, 7) is 6.98. The maximum atomic E-state index is 13.4. The zero-order valence-electron chi connectivity index (χ0n) is 25.5. The maximum absolute atomic E-state index is 13.4. The second kappa shape index (κ2) is 14.4. The highest BCUT2D eigenvalue weighted by molar-refractivity contribution is 5.94. The van der Waals surface area contributed by atoms with Crippen LogP contribution in [0.15, 0.2) is 97.6 Å². The van der Waals surface area contributed by atoms with Crippen molar-refractivity contribution in [3.8, 4) is 0 Å². The van der Waals surface area contributed by atoms with E-state index in [4.69, 9.17) is 0 Å². The van der Waals surface area contributed by atoms with Gasteiger partial charge in [-0.15, -0.1) is 6.58 Å². The van der Waals surface area contributed by atoms with Gasteiger partial charge in [-0.2, -0.15) is 0 Å². The van der Waals surface area contributed by atoms with Crippen LogP contribution in [0.2, 0.25) is 0 Å². The van der Waals surface area contributed by atoms with Crippen molar-refractivity contribution in [1.82, 2.24) is 14.7 Å². The van der Waals surface area contributed by atoms with Crippen LogP contribution in [0.3, 0.4) is 0 Å². The predicted molar refractivity (Wildman–Crippen MR) is 172 cm³/mol. The van der Waals surface area contributed by atoms with Gasteiger partial charge in [0.15, 0.2) is 0 Å². The second-order valence-corrected chi connectivity index (χ2v) is 12.1. The average molecular weight is 595 g/mol. The van der Waals surface area contributed by atoms with Gasteiger partial charge < -0.3 is 14.7 Å². The molecule has 0 bridgehead atoms. The van der Waals surface area contributed by atoms with Crippen molar-refractivity contribution in [2.24, 2.45) is 5.92 Å². The standard InChI is InChI=1S/C36H42N4O4/c1-3-20-39(35(41)24-29-16-10-11-17-34(29)40(43)44)31-18-21-38(22-19-31)26-30-23-32(25-33(30)27-12-6-4-7-13-27)37(2)36(42)28-14-8-5-9-15-28/h3-17,30-33H,1,18-26H2,2H3. The van der Waals surface area contributed by atoms with Crippen LogP contribution in [0.4, 0.5) is 5.69 Å². The first-order chi connectivity index (χ1) is 21.4. The lowest BCUT2D eigenvalue weighted by atomic mass is 9.88. The van der Waals surface area contributed by atoms with E-state index in [1.807, 2.05) is 53.2 Å². The van der Waals surface area contributed by atoms with Crippen LogP contribution in [0.1, 0.15) is 53.1 Å². The van der Waals surface area contributed by atoms with Gasteiger partial charge in [0.25, 0.3) is 11.6 Å². The number of para-hydroxylation sites is 1. The maximum Gasteiger partial charge on any atom is 0.273 e. The fraction of sp³-hybridized carbons (Fsp3) is 0.389. The van der Waals surface area contributed by atoms with Gasteiger partial charge in [-0.3, -0.25) is 19.7 Å². The summed E-state index contributed by atoms with van der Waals surface area (Å²) in [7, 11) is 1.94. The molecule has 3 aromatic carbocycles. The first-order valence-corrected chi connectivity index (χ1v) is 15.6. The van der Waals surface area contributed by atoms with Gasteiger partial charge in [0.1, 0.15) is 0 Å². The summed E-state index contributed by atoms with van der Waals surface area (Å²) in [5.41, 5.74) is 2.46. The Hall–Kier alpha value is -4.30. The molecule has 1 saturated carbocycles. The van der Waals surface area contributed by atoms with Crippen LogP contribution < -0.4 is 0 Å². The molecule has 1 saturated heterocycles. The Balaban J connectivity index is 1.23. The summed E-state index contributed by atoms with van der Waals surface area (Å²) >= 11 is 0. The van der Waals surface area contributed by atoms with Gasteiger partial charge in [0.2, 0.25) is 5.91 Å². The van der Waals surface area contributed by atoms with E-state index >= 15 is 0 Å². The number of nitro benzene ring substituents is 1. The first kappa shape index (κ1) is 31.1. The van der Waals surface area contributed by atoms with Gasteiger partial charge in [-0.25, -0.2) is 0 Å². The van der Waals surface area contributed by atoms with Crippen LogP contribution in [-0.2, 0) is 11.2 Å². The molecule has 0 N–H and O–H groups in total. The topological polar surface area (TPSA) is 87.0 Å². The quantitative estimate of drug-likeness (QED) is 0.156. The highest BCUT2D eigenvalue weighted by atomic mass is 16.6. The van der Waals surface area contributed by atoms with Gasteiger partial charge in [0, 0.05) is 62.5 Å². The van der Waals surface area contributed by atoms with Crippen molar-refractivity contribution in [1.29, 1.82) is 0 Å². The molecule has 1 aliphatic carbocycles. The summed E-state index contributed by atoms with van der Waals surface area (Å²) in [5.74, 6) is 0.739. The third-order valence-corrected chi connectivity index (χ3v) is 9.45. The number of piperidine rings is 1. The Kier molecular flexibility index (Phi) is 10.2. The number of carbonyl (C=O) groups is 2. The van der Waals surface area contributed by atoms with Crippen LogP contribution in [0.25, 0.3) is 0 Å². The molecule has 1 heterocycles. The molecule has 2 aliphatic rings. The molecule has 3 aromatic rings. The average Bonchev–Trinajstić information content (AvgIpc) is 3.48. The number of likely N-dealkylation sites (tertiary alicyclic amines) is 1. The number of hydrogen-bond donors (Lipinski definition) is 0. The van der Waals surface area contributed by atoms with Crippen LogP contribution in [0, 0.1) is 16.0 Å². The highest BCUT2D eigenvalue weighted by Crippen LogP contribution is 2.42. The lowest BCUT2D eigenvalue weighted by molar-refractivity contribution is -0.385. The fourth-order valence-corrected chi connectivity index (χ4v) is 7.11. The van der Waals surface area contributed by atoms with E-state index in [1.165, 1.54) is 11.6 Å². The fourth-order valence-electron chi connectivity index (χ4n) is 7.11. The van der Waals surface area contributed by atoms with Gasteiger partial charge in [-0.1, -0.05) is 72.8 Å². The van der Waals surface area contributed by atoms with Gasteiger partial charge in [0.05, 0.1) is 11.3 Å². The third kappa shape index (κ3) is 7.25. The normalized spacial score (nSPS) is 20.6. The van der Waals surface area contributed by atoms with E-state index in [9.17, 15) is 19.7 Å². The minimum atomic E-state index is -0.426. The molecule has 44 heavy (non-hydrogen) atoms. The van der Waals surface area contributed by atoms with E-state index in [0.717, 1.165) is 50.9 Å². The predicted octanol–water partition coefficient (Wildman–Crippen LogP) is 5.95. The minimum Gasteiger partial charge on any atom is -0.339 e. The molecule has 8 nitrogen and oxygen atoms in total. The Morgan fingerprint density at radius 2 is 1.57 bits per heavy atom. The summed E-state index contributed by atoms with van der Waals surface area (Å²) in [4.78, 5) is 44.1. The van der Waals surface area contributed by atoms with Crippen molar-refractivity contribution in [2.45, 2.75) is 50.1 Å². The molecular formula is C36H42N4O4. The molecule has 0 spiro atoms. The second-order valence-electron chi connectivity index (χ2n) is 12.1. The molecule has 2 fully saturated rings. The largest absolute Gasteiger partial charge is 0.339 e. The Morgan fingerprint density at radius 1 is 0.932 bits per heavy atom. The minimum absolute atomic E-state index is 0.00262. The third-order valence-electron chi connectivity index (χ3n) is 9.45. The monoisotopic (exact) mass is 594 g/mol. The van der Waals surface area contributed by atoms with E-state index in [-0.39, 0.29) is 36.0 Å². The number of rotatable bonds is 11. The molecule has 5 rings (SSSR count).